The van der Waals surface area contributed by atoms with Crippen LogP contribution >= 0.6 is 0 Å². The van der Waals surface area contributed by atoms with Crippen molar-refractivity contribution in [1.82, 2.24) is 0 Å². The van der Waals surface area contributed by atoms with Gasteiger partial charge in [-0.15, -0.1) is 0 Å². The first-order chi connectivity index (χ1) is 15.0. The van der Waals surface area contributed by atoms with Crippen molar-refractivity contribution >= 4 is 10.8 Å². The van der Waals surface area contributed by atoms with Crippen molar-refractivity contribution < 1.29 is 17.9 Å². The van der Waals surface area contributed by atoms with E-state index in [-0.39, 0.29) is 5.56 Å². The molecule has 0 aliphatic rings. The Bertz CT molecular complexity index is 1300. The predicted octanol–water partition coefficient (Wildman–Crippen LogP) is 7.11. The van der Waals surface area contributed by atoms with Gasteiger partial charge in [0.05, 0.1) is 12.2 Å². The first-order valence-electron chi connectivity index (χ1n) is 9.97. The van der Waals surface area contributed by atoms with Crippen LogP contribution in [0.1, 0.15) is 24.5 Å². The largest absolute Gasteiger partial charge is 0.494 e. The van der Waals surface area contributed by atoms with E-state index < -0.39 is 17.5 Å². The van der Waals surface area contributed by atoms with Crippen molar-refractivity contribution in [3.63, 3.8) is 0 Å². The minimum Gasteiger partial charge on any atom is -0.494 e. The lowest BCUT2D eigenvalue weighted by atomic mass is 10.0. The fourth-order valence-corrected chi connectivity index (χ4v) is 3.22. The predicted molar refractivity (Wildman–Crippen MR) is 117 cm³/mol. The van der Waals surface area contributed by atoms with E-state index in [1.165, 1.54) is 6.07 Å². The van der Waals surface area contributed by atoms with Crippen LogP contribution in [0.2, 0.25) is 0 Å². The summed E-state index contributed by atoms with van der Waals surface area (Å²) in [6, 6.07) is 19.7. The third kappa shape index (κ3) is 4.73. The molecular formula is C27H19F3O. The zero-order chi connectivity index (χ0) is 21.8. The van der Waals surface area contributed by atoms with Crippen LogP contribution in [0.5, 0.6) is 5.75 Å². The molecule has 31 heavy (non-hydrogen) atoms. The Labute approximate surface area is 179 Å². The molecular weight excluding hydrogens is 397 g/mol. The highest BCUT2D eigenvalue weighted by atomic mass is 19.2. The van der Waals surface area contributed by atoms with E-state index in [4.69, 9.17) is 4.74 Å². The summed E-state index contributed by atoms with van der Waals surface area (Å²) in [6.07, 6.45) is 0.935. The smallest absolute Gasteiger partial charge is 0.159 e. The van der Waals surface area contributed by atoms with Gasteiger partial charge in [-0.2, -0.15) is 0 Å². The highest BCUT2D eigenvalue weighted by Gasteiger charge is 2.06. The fourth-order valence-electron chi connectivity index (χ4n) is 3.22. The summed E-state index contributed by atoms with van der Waals surface area (Å²) in [4.78, 5) is 0. The van der Waals surface area contributed by atoms with Crippen molar-refractivity contribution in [3.8, 4) is 28.7 Å². The summed E-state index contributed by atoms with van der Waals surface area (Å²) in [6.45, 7) is 2.70. The van der Waals surface area contributed by atoms with E-state index in [1.807, 2.05) is 37.3 Å². The van der Waals surface area contributed by atoms with Gasteiger partial charge in [-0.3, -0.25) is 0 Å². The molecule has 0 N–H and O–H groups in total. The van der Waals surface area contributed by atoms with Gasteiger partial charge in [0.1, 0.15) is 11.6 Å². The molecule has 0 aliphatic carbocycles. The molecule has 0 heterocycles. The number of ether oxygens (including phenoxy) is 1. The molecule has 0 spiro atoms. The minimum atomic E-state index is -0.913. The molecule has 0 aromatic heterocycles. The summed E-state index contributed by atoms with van der Waals surface area (Å²) in [5, 5.41) is 1.11. The van der Waals surface area contributed by atoms with Crippen molar-refractivity contribution in [2.75, 3.05) is 6.61 Å². The normalized spacial score (nSPS) is 10.6. The standard InChI is InChI=1S/C27H19F3O/c1-2-13-31-24-11-9-19(10-12-24)21-8-7-20(25(28)15-21)5-3-18-4-6-22-16-26(29)27(30)17-23(22)14-18/h4,6-12,14-17H,2,13H2,1H3. The minimum absolute atomic E-state index is 0.261. The van der Waals surface area contributed by atoms with Gasteiger partial charge >= 0.3 is 0 Å². The molecule has 0 amide bonds. The Hall–Kier alpha value is -3.71. The molecule has 0 atom stereocenters. The maximum atomic E-state index is 14.6. The van der Waals surface area contributed by atoms with E-state index in [2.05, 4.69) is 11.8 Å². The maximum absolute atomic E-state index is 14.6. The maximum Gasteiger partial charge on any atom is 0.159 e. The van der Waals surface area contributed by atoms with Gasteiger partial charge < -0.3 is 4.74 Å². The first-order valence-corrected chi connectivity index (χ1v) is 9.97. The van der Waals surface area contributed by atoms with Gasteiger partial charge in [0.15, 0.2) is 11.6 Å². The Morgan fingerprint density at radius 1 is 0.677 bits per heavy atom. The molecule has 4 heteroatoms. The fraction of sp³-hybridized carbons (Fsp3) is 0.111. The Balaban J connectivity index is 1.56. The van der Waals surface area contributed by atoms with E-state index in [0.29, 0.717) is 22.9 Å². The highest BCUT2D eigenvalue weighted by Crippen LogP contribution is 2.25. The molecule has 0 saturated heterocycles. The number of hydrogen-bond acceptors (Lipinski definition) is 1. The van der Waals surface area contributed by atoms with Crippen LogP contribution in [0.15, 0.2) is 72.8 Å². The molecule has 0 radical (unpaired) electrons. The number of rotatable bonds is 4. The number of fused-ring (bicyclic) bond motifs is 1. The van der Waals surface area contributed by atoms with Crippen LogP contribution in [0, 0.1) is 29.3 Å². The zero-order valence-corrected chi connectivity index (χ0v) is 16.9. The molecule has 4 aromatic rings. The molecule has 0 aliphatic heterocycles. The average Bonchev–Trinajstić information content (AvgIpc) is 2.78. The second-order valence-electron chi connectivity index (χ2n) is 7.15. The Morgan fingerprint density at radius 3 is 2.10 bits per heavy atom. The van der Waals surface area contributed by atoms with Crippen LogP contribution in [0.3, 0.4) is 0 Å². The van der Waals surface area contributed by atoms with Gasteiger partial charge in [0.2, 0.25) is 0 Å². The molecule has 4 aromatic carbocycles. The first kappa shape index (κ1) is 20.6. The summed E-state index contributed by atoms with van der Waals surface area (Å²) in [5.74, 6) is 4.26. The van der Waals surface area contributed by atoms with Crippen LogP contribution in [0.4, 0.5) is 13.2 Å². The monoisotopic (exact) mass is 416 g/mol. The summed E-state index contributed by atoms with van der Waals surface area (Å²) < 4.78 is 47.0. The average molecular weight is 416 g/mol. The topological polar surface area (TPSA) is 9.23 Å². The molecule has 4 rings (SSSR count). The van der Waals surface area contributed by atoms with Crippen LogP contribution in [0.25, 0.3) is 21.9 Å². The molecule has 0 unspecified atom stereocenters. The number of benzene rings is 4. The summed E-state index contributed by atoms with van der Waals surface area (Å²) in [7, 11) is 0. The van der Waals surface area contributed by atoms with Crippen molar-refractivity contribution in [3.05, 3.63) is 101 Å². The van der Waals surface area contributed by atoms with Gasteiger partial charge in [0, 0.05) is 5.56 Å². The van der Waals surface area contributed by atoms with Crippen LogP contribution < -0.4 is 4.74 Å². The summed E-state index contributed by atoms with van der Waals surface area (Å²) in [5.41, 5.74) is 2.47. The van der Waals surface area contributed by atoms with Gasteiger partial charge in [-0.1, -0.05) is 43.0 Å². The third-order valence-electron chi connectivity index (χ3n) is 4.85. The molecule has 0 saturated carbocycles. The number of hydrogen-bond donors (Lipinski definition) is 0. The van der Waals surface area contributed by atoms with Crippen LogP contribution in [-0.2, 0) is 0 Å². The lowest BCUT2D eigenvalue weighted by Gasteiger charge is -2.07. The van der Waals surface area contributed by atoms with E-state index in [0.717, 1.165) is 35.4 Å². The zero-order valence-electron chi connectivity index (χ0n) is 16.9. The van der Waals surface area contributed by atoms with Gasteiger partial charge in [-0.05, 0) is 76.9 Å². The Kier molecular flexibility index (Phi) is 5.95. The van der Waals surface area contributed by atoms with Crippen molar-refractivity contribution in [2.24, 2.45) is 0 Å². The second-order valence-corrected chi connectivity index (χ2v) is 7.15. The molecule has 1 nitrogen and oxygen atoms in total. The van der Waals surface area contributed by atoms with Gasteiger partial charge in [0.25, 0.3) is 0 Å². The lowest BCUT2D eigenvalue weighted by Crippen LogP contribution is -1.94. The lowest BCUT2D eigenvalue weighted by molar-refractivity contribution is 0.317. The Morgan fingerprint density at radius 2 is 1.39 bits per heavy atom. The number of halogens is 3. The molecule has 0 bridgehead atoms. The third-order valence-corrected chi connectivity index (χ3v) is 4.85. The highest BCUT2D eigenvalue weighted by molar-refractivity contribution is 5.84. The second kappa shape index (κ2) is 8.97. The van der Waals surface area contributed by atoms with Crippen molar-refractivity contribution in [1.29, 1.82) is 0 Å². The van der Waals surface area contributed by atoms with E-state index in [9.17, 15) is 13.2 Å². The SMILES string of the molecule is CCCOc1ccc(-c2ccc(C#Cc3ccc4cc(F)c(F)cc4c3)c(F)c2)cc1. The quantitative estimate of drug-likeness (QED) is 0.322. The molecule has 0 fully saturated rings. The van der Waals surface area contributed by atoms with Crippen LogP contribution in [-0.4, -0.2) is 6.61 Å². The van der Waals surface area contributed by atoms with E-state index >= 15 is 0 Å². The van der Waals surface area contributed by atoms with Gasteiger partial charge in [-0.25, -0.2) is 13.2 Å². The van der Waals surface area contributed by atoms with E-state index in [1.54, 1.807) is 24.3 Å². The molecule has 154 valence electrons. The van der Waals surface area contributed by atoms with Crippen molar-refractivity contribution in [2.45, 2.75) is 13.3 Å². The summed E-state index contributed by atoms with van der Waals surface area (Å²) >= 11 is 0.